The van der Waals surface area contributed by atoms with Crippen molar-refractivity contribution in [3.05, 3.63) is 239 Å². The summed E-state index contributed by atoms with van der Waals surface area (Å²) in [5.41, 5.74) is 25.0. The first-order valence-corrected chi connectivity index (χ1v) is 33.7. The molecule has 0 bridgehead atoms. The van der Waals surface area contributed by atoms with Crippen molar-refractivity contribution in [2.75, 3.05) is 0 Å². The van der Waals surface area contributed by atoms with Crippen molar-refractivity contribution >= 4 is 87.2 Å². The molecule has 0 radical (unpaired) electrons. The highest BCUT2D eigenvalue weighted by molar-refractivity contribution is 6.26. The number of hydrogen-bond acceptors (Lipinski definition) is 0. The van der Waals surface area contributed by atoms with Crippen LogP contribution in [0.1, 0.15) is 162 Å². The number of hydrogen-bond donors (Lipinski definition) is 0. The largest absolute Gasteiger partial charge is 0.309 e. The molecule has 468 valence electrons. The van der Waals surface area contributed by atoms with Crippen LogP contribution in [0.2, 0.25) is 0 Å². The van der Waals surface area contributed by atoms with Crippen molar-refractivity contribution in [2.24, 2.45) is 16.2 Å². The Morgan fingerprint density at radius 3 is 1.18 bits per heavy atom. The summed E-state index contributed by atoms with van der Waals surface area (Å²) < 4.78 is 10.00. The van der Waals surface area contributed by atoms with Gasteiger partial charge >= 0.3 is 0 Å². The predicted octanol–water partition coefficient (Wildman–Crippen LogP) is 25.1. The quantitative estimate of drug-likeness (QED) is 0.130. The Bertz CT molecular complexity index is 5000. The Balaban J connectivity index is 0.000000170. The summed E-state index contributed by atoms with van der Waals surface area (Å²) in [6.45, 7) is 44.4. The molecular weight excluding hydrogens is 1110 g/mol. The smallest absolute Gasteiger partial charge is 0.0641 e. The standard InChI is InChI=1S/C48H56N2.C40H40N2/c1-31-13-19-35(20-14-31)49-41-23-17-33(47(9,10)29-45(3,4)5)25-37(41)39-28-44-40(27-43(39)49)38-26-34(48(11,12)30-46(6,7)8)18-24-42(38)50(44)36-21-15-32(2)16-22-36;1-26-13-12-14-28(23-26)41-33-17-10-8-15-29(33)30-20-22-36-37(38(30)41)31-16-9-11-18-34(31)42(36)35-21-19-27(2)24-32(35)40(6,7)25-39(3,4)5/h13-28H,29-30H2,1-12H3;8-24H,25H2,1-7H3. The third-order valence-electron chi connectivity index (χ3n) is 19.6. The lowest BCUT2D eigenvalue weighted by molar-refractivity contribution is 0.283. The second-order valence-electron chi connectivity index (χ2n) is 33.0. The average Bonchev–Trinajstić information content (AvgIpc) is 1.55. The molecular formula is C88H96N4. The first kappa shape index (κ1) is 62.2. The van der Waals surface area contributed by atoms with Crippen molar-refractivity contribution < 1.29 is 0 Å². The molecule has 0 spiro atoms. The van der Waals surface area contributed by atoms with Gasteiger partial charge in [0.15, 0.2) is 0 Å². The Morgan fingerprint density at radius 1 is 0.261 bits per heavy atom. The average molecular weight is 1210 g/mol. The Labute approximate surface area is 547 Å². The maximum absolute atomic E-state index is 2.53. The van der Waals surface area contributed by atoms with E-state index in [1.54, 1.807) is 0 Å². The van der Waals surface area contributed by atoms with E-state index in [0.717, 1.165) is 19.3 Å². The molecule has 4 heteroatoms. The van der Waals surface area contributed by atoms with E-state index < -0.39 is 0 Å². The fraction of sp³-hybridized carbons (Fsp3) is 0.318. The van der Waals surface area contributed by atoms with Crippen LogP contribution in [0.15, 0.2) is 200 Å². The molecule has 0 saturated heterocycles. The Kier molecular flexibility index (Phi) is 15.1. The lowest BCUT2D eigenvalue weighted by atomic mass is 9.71. The van der Waals surface area contributed by atoms with Crippen LogP contribution in [0, 0.1) is 43.9 Å². The van der Waals surface area contributed by atoms with Crippen LogP contribution in [0.3, 0.4) is 0 Å². The van der Waals surface area contributed by atoms with Gasteiger partial charge in [0.25, 0.3) is 0 Å². The van der Waals surface area contributed by atoms with E-state index in [4.69, 9.17) is 0 Å². The number of aromatic nitrogens is 4. The summed E-state index contributed by atoms with van der Waals surface area (Å²) in [6.07, 6.45) is 3.32. The summed E-state index contributed by atoms with van der Waals surface area (Å²) >= 11 is 0. The minimum absolute atomic E-state index is 0.00212. The monoisotopic (exact) mass is 1210 g/mol. The van der Waals surface area contributed by atoms with E-state index in [2.05, 4.69) is 350 Å². The van der Waals surface area contributed by atoms with E-state index >= 15 is 0 Å². The molecule has 92 heavy (non-hydrogen) atoms. The molecule has 0 saturated carbocycles. The van der Waals surface area contributed by atoms with Gasteiger partial charge in [0.1, 0.15) is 0 Å². The molecule has 0 unspecified atom stereocenters. The van der Waals surface area contributed by atoms with E-state index in [1.165, 1.54) is 149 Å². The molecule has 0 atom stereocenters. The zero-order valence-corrected chi connectivity index (χ0v) is 58.5. The van der Waals surface area contributed by atoms with Crippen molar-refractivity contribution in [1.82, 2.24) is 18.3 Å². The summed E-state index contributed by atoms with van der Waals surface area (Å²) in [5.74, 6) is 0. The summed E-state index contributed by atoms with van der Waals surface area (Å²) in [4.78, 5) is 0. The molecule has 0 aliphatic rings. The van der Waals surface area contributed by atoms with E-state index in [9.17, 15) is 0 Å². The second-order valence-corrected chi connectivity index (χ2v) is 33.0. The number of rotatable bonds is 10. The van der Waals surface area contributed by atoms with Crippen LogP contribution in [0.25, 0.3) is 110 Å². The van der Waals surface area contributed by atoms with Gasteiger partial charge < -0.3 is 18.3 Å². The van der Waals surface area contributed by atoms with Gasteiger partial charge in [-0.1, -0.05) is 224 Å². The fourth-order valence-corrected chi connectivity index (χ4v) is 16.8. The van der Waals surface area contributed by atoms with E-state index in [-0.39, 0.29) is 32.5 Å². The number of benzene rings is 10. The van der Waals surface area contributed by atoms with Crippen LogP contribution in [-0.4, -0.2) is 18.3 Å². The normalized spacial score (nSPS) is 13.1. The van der Waals surface area contributed by atoms with Gasteiger partial charge in [-0.25, -0.2) is 0 Å². The van der Waals surface area contributed by atoms with E-state index in [0.29, 0.717) is 0 Å². The molecule has 4 aromatic heterocycles. The predicted molar refractivity (Wildman–Crippen MR) is 400 cm³/mol. The molecule has 10 aromatic carbocycles. The van der Waals surface area contributed by atoms with Gasteiger partial charge in [0.05, 0.1) is 44.1 Å². The first-order chi connectivity index (χ1) is 43.3. The van der Waals surface area contributed by atoms with Crippen LogP contribution in [0.4, 0.5) is 0 Å². The van der Waals surface area contributed by atoms with Gasteiger partial charge in [0, 0.05) is 65.8 Å². The van der Waals surface area contributed by atoms with Gasteiger partial charge in [0.2, 0.25) is 0 Å². The minimum atomic E-state index is -0.00212. The maximum atomic E-state index is 2.53. The van der Waals surface area contributed by atoms with Crippen LogP contribution in [-0.2, 0) is 16.2 Å². The molecule has 0 N–H and O–H groups in total. The number of nitrogens with zero attached hydrogens (tertiary/aromatic N) is 4. The third kappa shape index (κ3) is 11.3. The highest BCUT2D eigenvalue weighted by Gasteiger charge is 2.33. The van der Waals surface area contributed by atoms with Gasteiger partial charge in [-0.15, -0.1) is 0 Å². The van der Waals surface area contributed by atoms with Gasteiger partial charge in [-0.05, 0) is 199 Å². The maximum Gasteiger partial charge on any atom is 0.0641 e. The number of fused-ring (bicyclic) bond motifs is 13. The zero-order chi connectivity index (χ0) is 65.4. The minimum Gasteiger partial charge on any atom is -0.309 e. The molecule has 4 heterocycles. The van der Waals surface area contributed by atoms with Crippen LogP contribution >= 0.6 is 0 Å². The Morgan fingerprint density at radius 2 is 0.685 bits per heavy atom. The fourth-order valence-electron chi connectivity index (χ4n) is 16.8. The summed E-state index contributed by atoms with van der Waals surface area (Å²) in [7, 11) is 0. The van der Waals surface area contributed by atoms with Crippen molar-refractivity contribution in [3.8, 4) is 22.7 Å². The SMILES string of the molecule is Cc1ccc(-n2c3ccc(C(C)(C)CC(C)(C)C)cc3c3cc4c(cc32)c2cc(C(C)(C)CC(C)(C)C)ccc2n4-c2ccc(C)cc2)cc1.Cc1cccc(-n2c3ccccc3c3ccc4c(c5ccccc5n4-c4ccc(C)cc4C(C)(C)CC(C)(C)C)c32)c1. The van der Waals surface area contributed by atoms with Gasteiger partial charge in [-0.3, -0.25) is 0 Å². The molecule has 4 nitrogen and oxygen atoms in total. The summed E-state index contributed by atoms with van der Waals surface area (Å²) in [5, 5.41) is 10.4. The highest BCUT2D eigenvalue weighted by Crippen LogP contribution is 2.48. The molecule has 0 aliphatic carbocycles. The summed E-state index contributed by atoms with van der Waals surface area (Å²) in [6, 6.07) is 75.9. The van der Waals surface area contributed by atoms with E-state index in [1.807, 2.05) is 0 Å². The lowest BCUT2D eigenvalue weighted by Crippen LogP contribution is -2.26. The molecule has 0 fully saturated rings. The lowest BCUT2D eigenvalue weighted by Gasteiger charge is -2.35. The zero-order valence-electron chi connectivity index (χ0n) is 58.5. The molecule has 14 aromatic rings. The molecule has 0 amide bonds. The number of para-hydroxylation sites is 2. The third-order valence-corrected chi connectivity index (χ3v) is 19.6. The van der Waals surface area contributed by atoms with Crippen molar-refractivity contribution in [2.45, 2.75) is 167 Å². The van der Waals surface area contributed by atoms with Gasteiger partial charge in [-0.2, -0.15) is 0 Å². The molecule has 14 rings (SSSR count). The van der Waals surface area contributed by atoms with Crippen LogP contribution in [0.5, 0.6) is 0 Å². The topological polar surface area (TPSA) is 19.7 Å². The Hall–Kier alpha value is -8.60. The number of aryl methyl sites for hydroxylation is 4. The first-order valence-electron chi connectivity index (χ1n) is 33.7. The van der Waals surface area contributed by atoms with Crippen molar-refractivity contribution in [3.63, 3.8) is 0 Å². The molecule has 0 aliphatic heterocycles. The van der Waals surface area contributed by atoms with Crippen molar-refractivity contribution in [1.29, 1.82) is 0 Å². The highest BCUT2D eigenvalue weighted by atomic mass is 15.0. The van der Waals surface area contributed by atoms with Crippen LogP contribution < -0.4 is 0 Å². The second kappa shape index (κ2) is 22.3.